The van der Waals surface area contributed by atoms with E-state index in [1.807, 2.05) is 0 Å². The third-order valence-corrected chi connectivity index (χ3v) is 2.73. The Kier molecular flexibility index (Phi) is 1.95. The van der Waals surface area contributed by atoms with Crippen molar-refractivity contribution in [2.45, 2.75) is 18.9 Å². The van der Waals surface area contributed by atoms with Crippen LogP contribution in [0.4, 0.5) is 4.39 Å². The first kappa shape index (κ1) is 8.85. The number of fused-ring (bicyclic) bond motifs is 1. The van der Waals surface area contributed by atoms with Gasteiger partial charge in [0.05, 0.1) is 6.04 Å². The van der Waals surface area contributed by atoms with Gasteiger partial charge in [-0.1, -0.05) is 0 Å². The maximum absolute atomic E-state index is 12.9. The third kappa shape index (κ3) is 1.51. The number of benzene rings is 1. The van der Waals surface area contributed by atoms with Crippen molar-refractivity contribution in [1.82, 2.24) is 10.3 Å². The predicted molar refractivity (Wildman–Crippen MR) is 53.9 cm³/mol. The minimum atomic E-state index is -0.287. The number of nitrogens with one attached hydrogen (secondary N) is 1. The molecule has 2 heterocycles. The fourth-order valence-electron chi connectivity index (χ4n) is 1.96. The van der Waals surface area contributed by atoms with Crippen molar-refractivity contribution in [3.8, 4) is 0 Å². The minimum absolute atomic E-state index is 0.195. The standard InChI is InChI=1S/C11H11FN2O/c12-7-3-4-8-10(6-7)15-11(14-8)9-2-1-5-13-9/h3-4,6,9,13H,1-2,5H2/t9-/m0/s1. The van der Waals surface area contributed by atoms with E-state index in [-0.39, 0.29) is 11.9 Å². The first-order valence-corrected chi connectivity index (χ1v) is 5.12. The first-order valence-electron chi connectivity index (χ1n) is 5.12. The molecule has 1 atom stereocenters. The van der Waals surface area contributed by atoms with E-state index in [1.165, 1.54) is 12.1 Å². The molecule has 0 spiro atoms. The van der Waals surface area contributed by atoms with Crippen molar-refractivity contribution < 1.29 is 8.81 Å². The van der Waals surface area contributed by atoms with Crippen molar-refractivity contribution in [3.05, 3.63) is 29.9 Å². The van der Waals surface area contributed by atoms with E-state index in [9.17, 15) is 4.39 Å². The molecule has 1 fully saturated rings. The van der Waals surface area contributed by atoms with E-state index in [0.717, 1.165) is 24.9 Å². The zero-order valence-electron chi connectivity index (χ0n) is 8.16. The molecule has 0 bridgehead atoms. The first-order chi connectivity index (χ1) is 7.33. The van der Waals surface area contributed by atoms with Crippen LogP contribution in [0.3, 0.4) is 0 Å². The summed E-state index contributed by atoms with van der Waals surface area (Å²) < 4.78 is 18.4. The maximum atomic E-state index is 12.9. The average molecular weight is 206 g/mol. The molecule has 4 heteroatoms. The molecule has 0 unspecified atom stereocenters. The lowest BCUT2D eigenvalue weighted by molar-refractivity contribution is 0.451. The lowest BCUT2D eigenvalue weighted by Gasteiger charge is -2.02. The number of oxazole rings is 1. The van der Waals surface area contributed by atoms with Gasteiger partial charge in [0.25, 0.3) is 0 Å². The second-order valence-electron chi connectivity index (χ2n) is 3.81. The highest BCUT2D eigenvalue weighted by Gasteiger charge is 2.21. The molecule has 1 aliphatic rings. The van der Waals surface area contributed by atoms with Crippen LogP contribution in [0.5, 0.6) is 0 Å². The Labute approximate surface area is 86.3 Å². The van der Waals surface area contributed by atoms with Crippen LogP contribution in [0.25, 0.3) is 11.1 Å². The van der Waals surface area contributed by atoms with Gasteiger partial charge in [0.2, 0.25) is 5.89 Å². The highest BCUT2D eigenvalue weighted by atomic mass is 19.1. The summed E-state index contributed by atoms with van der Waals surface area (Å²) >= 11 is 0. The van der Waals surface area contributed by atoms with E-state index in [0.29, 0.717) is 11.5 Å². The van der Waals surface area contributed by atoms with Crippen LogP contribution in [0.15, 0.2) is 22.6 Å². The van der Waals surface area contributed by atoms with Gasteiger partial charge in [-0.3, -0.25) is 0 Å². The Balaban J connectivity index is 2.05. The summed E-state index contributed by atoms with van der Waals surface area (Å²) in [6.07, 6.45) is 2.17. The van der Waals surface area contributed by atoms with Gasteiger partial charge in [-0.2, -0.15) is 0 Å². The Morgan fingerprint density at radius 3 is 3.20 bits per heavy atom. The lowest BCUT2D eigenvalue weighted by atomic mass is 10.2. The molecule has 1 aromatic heterocycles. The summed E-state index contributed by atoms with van der Waals surface area (Å²) in [5.41, 5.74) is 1.25. The Morgan fingerprint density at radius 1 is 1.47 bits per heavy atom. The van der Waals surface area contributed by atoms with Crippen molar-refractivity contribution in [2.24, 2.45) is 0 Å². The van der Waals surface area contributed by atoms with Crippen molar-refractivity contribution in [3.63, 3.8) is 0 Å². The molecular formula is C11H11FN2O. The van der Waals surface area contributed by atoms with Crippen LogP contribution < -0.4 is 5.32 Å². The monoisotopic (exact) mass is 206 g/mol. The molecule has 1 saturated heterocycles. The summed E-state index contributed by atoms with van der Waals surface area (Å²) in [5.74, 6) is 0.387. The number of hydrogen-bond acceptors (Lipinski definition) is 3. The van der Waals surface area contributed by atoms with Crippen LogP contribution in [0.2, 0.25) is 0 Å². The van der Waals surface area contributed by atoms with Crippen LogP contribution >= 0.6 is 0 Å². The molecule has 1 N–H and O–H groups in total. The Morgan fingerprint density at radius 2 is 2.40 bits per heavy atom. The third-order valence-electron chi connectivity index (χ3n) is 2.73. The SMILES string of the molecule is Fc1ccc2nc([C@@H]3CCCN3)oc2c1. The van der Waals surface area contributed by atoms with E-state index in [2.05, 4.69) is 10.3 Å². The Bertz CT molecular complexity index is 488. The summed E-state index contributed by atoms with van der Waals surface area (Å²) in [6.45, 7) is 0.998. The molecule has 78 valence electrons. The van der Waals surface area contributed by atoms with Crippen LogP contribution in [0.1, 0.15) is 24.8 Å². The number of aromatic nitrogens is 1. The number of nitrogens with zero attached hydrogens (tertiary/aromatic N) is 1. The molecule has 0 amide bonds. The number of rotatable bonds is 1. The zero-order chi connectivity index (χ0) is 10.3. The normalized spacial score (nSPS) is 21.3. The van der Waals surface area contributed by atoms with Crippen LogP contribution in [-0.2, 0) is 0 Å². The zero-order valence-corrected chi connectivity index (χ0v) is 8.16. The molecule has 1 aromatic carbocycles. The summed E-state index contributed by atoms with van der Waals surface area (Å²) in [7, 11) is 0. The maximum Gasteiger partial charge on any atom is 0.212 e. The highest BCUT2D eigenvalue weighted by molar-refractivity contribution is 5.72. The molecule has 0 radical (unpaired) electrons. The van der Waals surface area contributed by atoms with Gasteiger partial charge in [0.15, 0.2) is 5.58 Å². The minimum Gasteiger partial charge on any atom is -0.439 e. The topological polar surface area (TPSA) is 38.1 Å². The molecule has 3 rings (SSSR count). The molecule has 0 aliphatic carbocycles. The van der Waals surface area contributed by atoms with E-state index in [4.69, 9.17) is 4.42 Å². The van der Waals surface area contributed by atoms with Gasteiger partial charge in [-0.25, -0.2) is 9.37 Å². The summed E-state index contributed by atoms with van der Waals surface area (Å²) in [4.78, 5) is 4.34. The molecule has 2 aromatic rings. The smallest absolute Gasteiger partial charge is 0.212 e. The van der Waals surface area contributed by atoms with Gasteiger partial charge < -0.3 is 9.73 Å². The van der Waals surface area contributed by atoms with E-state index >= 15 is 0 Å². The average Bonchev–Trinajstić information content (AvgIpc) is 2.84. The lowest BCUT2D eigenvalue weighted by Crippen LogP contribution is -2.12. The van der Waals surface area contributed by atoms with Crippen LogP contribution in [0, 0.1) is 5.82 Å². The molecule has 1 aliphatic heterocycles. The van der Waals surface area contributed by atoms with E-state index in [1.54, 1.807) is 6.07 Å². The van der Waals surface area contributed by atoms with Gasteiger partial charge in [0, 0.05) is 6.07 Å². The van der Waals surface area contributed by atoms with Crippen molar-refractivity contribution in [1.29, 1.82) is 0 Å². The van der Waals surface area contributed by atoms with Gasteiger partial charge in [-0.05, 0) is 31.5 Å². The number of halogens is 1. The highest BCUT2D eigenvalue weighted by Crippen LogP contribution is 2.26. The quantitative estimate of drug-likeness (QED) is 0.778. The summed E-state index contributed by atoms with van der Waals surface area (Å²) in [5, 5.41) is 3.30. The molecule has 3 nitrogen and oxygen atoms in total. The molecule has 15 heavy (non-hydrogen) atoms. The predicted octanol–water partition coefficient (Wildman–Crippen LogP) is 2.39. The molecular weight excluding hydrogens is 195 g/mol. The van der Waals surface area contributed by atoms with Crippen molar-refractivity contribution in [2.75, 3.05) is 6.54 Å². The summed E-state index contributed by atoms with van der Waals surface area (Å²) in [6, 6.07) is 4.62. The van der Waals surface area contributed by atoms with Crippen LogP contribution in [-0.4, -0.2) is 11.5 Å². The van der Waals surface area contributed by atoms with E-state index < -0.39 is 0 Å². The van der Waals surface area contributed by atoms with Gasteiger partial charge in [-0.15, -0.1) is 0 Å². The second-order valence-corrected chi connectivity index (χ2v) is 3.81. The van der Waals surface area contributed by atoms with Gasteiger partial charge >= 0.3 is 0 Å². The van der Waals surface area contributed by atoms with Crippen molar-refractivity contribution >= 4 is 11.1 Å². The largest absolute Gasteiger partial charge is 0.439 e. The Hall–Kier alpha value is -1.42. The fourth-order valence-corrected chi connectivity index (χ4v) is 1.96. The molecule has 0 saturated carbocycles. The number of hydrogen-bond donors (Lipinski definition) is 1. The van der Waals surface area contributed by atoms with Gasteiger partial charge in [0.1, 0.15) is 11.3 Å². The fraction of sp³-hybridized carbons (Fsp3) is 0.364. The second kappa shape index (κ2) is 3.31.